The molecule has 0 unspecified atom stereocenters. The number of rotatable bonds is 4. The van der Waals surface area contributed by atoms with Gasteiger partial charge in [-0.05, 0) is 6.92 Å². The maximum absolute atomic E-state index is 13.3. The number of phenolic OH excluding ortho intramolecular Hbond substituents is 3. The molecule has 0 bridgehead atoms. The Bertz CT molecular complexity index is 697. The smallest absolute Gasteiger partial charge is 0.207 e. The number of aromatic hydroxyl groups is 3. The number of ether oxygens (including phenoxy) is 1. The minimum Gasteiger partial charge on any atom is -0.508 e. The Kier molecular flexibility index (Phi) is 4.16. The van der Waals surface area contributed by atoms with Crippen molar-refractivity contribution in [1.29, 1.82) is 0 Å². The zero-order valence-electron chi connectivity index (χ0n) is 11.4. The second kappa shape index (κ2) is 5.88. The van der Waals surface area contributed by atoms with Crippen molar-refractivity contribution in [2.75, 3.05) is 6.61 Å². The third-order valence-corrected chi connectivity index (χ3v) is 2.98. The van der Waals surface area contributed by atoms with Gasteiger partial charge in [0.15, 0.2) is 6.61 Å². The highest BCUT2D eigenvalue weighted by molar-refractivity contribution is 6.02. The summed E-state index contributed by atoms with van der Waals surface area (Å²) in [5.41, 5.74) is -0.627. The van der Waals surface area contributed by atoms with Crippen LogP contribution in [0, 0.1) is 18.6 Å². The van der Waals surface area contributed by atoms with Gasteiger partial charge in [-0.25, -0.2) is 8.78 Å². The summed E-state index contributed by atoms with van der Waals surface area (Å²) in [4.78, 5) is 11.9. The minimum absolute atomic E-state index is 0.174. The maximum Gasteiger partial charge on any atom is 0.207 e. The molecule has 0 aliphatic carbocycles. The summed E-state index contributed by atoms with van der Waals surface area (Å²) in [7, 11) is 0. The first-order valence-corrected chi connectivity index (χ1v) is 6.16. The van der Waals surface area contributed by atoms with Crippen molar-refractivity contribution < 1.29 is 33.6 Å². The quantitative estimate of drug-likeness (QED) is 0.756. The Morgan fingerprint density at radius 1 is 1.05 bits per heavy atom. The van der Waals surface area contributed by atoms with E-state index < -0.39 is 46.8 Å². The zero-order valence-corrected chi connectivity index (χ0v) is 11.4. The predicted molar refractivity (Wildman–Crippen MR) is 72.4 cm³/mol. The van der Waals surface area contributed by atoms with Crippen LogP contribution in [0.5, 0.6) is 23.0 Å². The van der Waals surface area contributed by atoms with Crippen molar-refractivity contribution in [1.82, 2.24) is 0 Å². The lowest BCUT2D eigenvalue weighted by Gasteiger charge is -2.10. The van der Waals surface area contributed by atoms with Gasteiger partial charge in [0.25, 0.3) is 0 Å². The van der Waals surface area contributed by atoms with Crippen molar-refractivity contribution in [3.63, 3.8) is 0 Å². The lowest BCUT2D eigenvalue weighted by Crippen LogP contribution is -2.12. The topological polar surface area (TPSA) is 87.0 Å². The van der Waals surface area contributed by atoms with Gasteiger partial charge >= 0.3 is 0 Å². The van der Waals surface area contributed by atoms with E-state index in [-0.39, 0.29) is 11.3 Å². The van der Waals surface area contributed by atoms with Crippen LogP contribution in [0.1, 0.15) is 15.9 Å². The van der Waals surface area contributed by atoms with E-state index >= 15 is 0 Å². The Morgan fingerprint density at radius 3 is 2.05 bits per heavy atom. The molecule has 0 saturated heterocycles. The molecule has 0 spiro atoms. The highest BCUT2D eigenvalue weighted by Gasteiger charge is 2.19. The van der Waals surface area contributed by atoms with Crippen molar-refractivity contribution >= 4 is 5.78 Å². The molecule has 7 heteroatoms. The molecule has 0 atom stereocenters. The Morgan fingerprint density at radius 2 is 1.55 bits per heavy atom. The van der Waals surface area contributed by atoms with Crippen LogP contribution in [0.3, 0.4) is 0 Å². The molecular formula is C15H12F2O5. The maximum atomic E-state index is 13.3. The van der Waals surface area contributed by atoms with Gasteiger partial charge in [0, 0.05) is 29.8 Å². The second-order valence-corrected chi connectivity index (χ2v) is 4.58. The first kappa shape index (κ1) is 15.6. The molecule has 22 heavy (non-hydrogen) atoms. The normalized spacial score (nSPS) is 10.5. The molecule has 3 N–H and O–H groups in total. The van der Waals surface area contributed by atoms with Gasteiger partial charge < -0.3 is 20.1 Å². The molecular weight excluding hydrogens is 298 g/mol. The van der Waals surface area contributed by atoms with Gasteiger partial charge in [0.1, 0.15) is 40.2 Å². The summed E-state index contributed by atoms with van der Waals surface area (Å²) in [6.07, 6.45) is 0. The zero-order chi connectivity index (χ0) is 16.4. The highest BCUT2D eigenvalue weighted by Crippen LogP contribution is 2.32. The van der Waals surface area contributed by atoms with E-state index in [2.05, 4.69) is 0 Å². The average Bonchev–Trinajstić information content (AvgIpc) is 2.41. The monoisotopic (exact) mass is 310 g/mol. The van der Waals surface area contributed by atoms with E-state index in [1.165, 1.54) is 6.92 Å². The summed E-state index contributed by atoms with van der Waals surface area (Å²) in [6.45, 7) is 0.597. The second-order valence-electron chi connectivity index (χ2n) is 4.58. The molecule has 2 aromatic rings. The number of halogens is 2. The van der Waals surface area contributed by atoms with Crippen molar-refractivity contribution in [3.8, 4) is 23.0 Å². The molecule has 116 valence electrons. The number of ketones is 1. The number of Topliss-reactive ketones (excluding diaryl/α,β-unsaturated/α-hetero) is 1. The molecule has 0 amide bonds. The molecule has 5 nitrogen and oxygen atoms in total. The molecule has 0 radical (unpaired) electrons. The van der Waals surface area contributed by atoms with Gasteiger partial charge in [-0.15, -0.1) is 0 Å². The van der Waals surface area contributed by atoms with Crippen LogP contribution in [-0.2, 0) is 0 Å². The van der Waals surface area contributed by atoms with Gasteiger partial charge in [0.05, 0.1) is 0 Å². The molecule has 0 saturated carbocycles. The number of carbonyl (C=O) groups excluding carboxylic acids is 1. The van der Waals surface area contributed by atoms with E-state index in [0.717, 1.165) is 24.3 Å². The number of phenols is 3. The molecule has 0 aromatic heterocycles. The van der Waals surface area contributed by atoms with Gasteiger partial charge in [-0.2, -0.15) is 0 Å². The Labute approximate surface area is 124 Å². The Hall–Kier alpha value is -2.83. The fraction of sp³-hybridized carbons (Fsp3) is 0.133. The van der Waals surface area contributed by atoms with E-state index in [4.69, 9.17) is 9.84 Å². The molecule has 2 aromatic carbocycles. The van der Waals surface area contributed by atoms with Crippen LogP contribution in [-0.4, -0.2) is 27.7 Å². The highest BCUT2D eigenvalue weighted by atomic mass is 19.1. The molecule has 0 heterocycles. The fourth-order valence-corrected chi connectivity index (χ4v) is 1.81. The van der Waals surface area contributed by atoms with Crippen molar-refractivity contribution in [2.45, 2.75) is 6.92 Å². The van der Waals surface area contributed by atoms with Crippen LogP contribution in [0.4, 0.5) is 8.78 Å². The first-order valence-electron chi connectivity index (χ1n) is 6.16. The summed E-state index contributed by atoms with van der Waals surface area (Å²) in [6, 6.07) is 3.58. The summed E-state index contributed by atoms with van der Waals surface area (Å²) in [5.74, 6) is -4.35. The number of benzene rings is 2. The van der Waals surface area contributed by atoms with E-state index in [9.17, 15) is 23.8 Å². The van der Waals surface area contributed by atoms with E-state index in [1.807, 2.05) is 0 Å². The van der Waals surface area contributed by atoms with Gasteiger partial charge in [-0.3, -0.25) is 4.79 Å². The van der Waals surface area contributed by atoms with Gasteiger partial charge in [0.2, 0.25) is 5.78 Å². The summed E-state index contributed by atoms with van der Waals surface area (Å²) >= 11 is 0. The number of hydrogen-bond acceptors (Lipinski definition) is 5. The van der Waals surface area contributed by atoms with E-state index in [0.29, 0.717) is 0 Å². The third-order valence-electron chi connectivity index (χ3n) is 2.98. The summed E-state index contributed by atoms with van der Waals surface area (Å²) in [5, 5.41) is 28.2. The van der Waals surface area contributed by atoms with Crippen molar-refractivity contribution in [2.24, 2.45) is 0 Å². The first-order chi connectivity index (χ1) is 10.3. The SMILES string of the molecule is Cc1c(F)cc(OCC(=O)c2c(O)cc(O)cc2O)cc1F. The Balaban J connectivity index is 2.17. The molecule has 2 rings (SSSR count). The standard InChI is InChI=1S/C15H12F2O5/c1-7-10(16)4-9(5-11(7)17)22-6-14(21)15-12(19)2-8(18)3-13(15)20/h2-5,18-20H,6H2,1H3. The number of carbonyl (C=O) groups is 1. The van der Waals surface area contributed by atoms with Crippen LogP contribution in [0.25, 0.3) is 0 Å². The lowest BCUT2D eigenvalue weighted by atomic mass is 10.1. The number of hydrogen-bond donors (Lipinski definition) is 3. The van der Waals surface area contributed by atoms with Crippen LogP contribution >= 0.6 is 0 Å². The predicted octanol–water partition coefficient (Wildman–Crippen LogP) is 2.65. The van der Waals surface area contributed by atoms with Crippen molar-refractivity contribution in [3.05, 3.63) is 47.0 Å². The van der Waals surface area contributed by atoms with Crippen LogP contribution in [0.15, 0.2) is 24.3 Å². The van der Waals surface area contributed by atoms with Crippen LogP contribution < -0.4 is 4.74 Å². The largest absolute Gasteiger partial charge is 0.508 e. The third kappa shape index (κ3) is 3.08. The minimum atomic E-state index is -0.823. The molecule has 0 fully saturated rings. The summed E-state index contributed by atoms with van der Waals surface area (Å²) < 4.78 is 31.7. The van der Waals surface area contributed by atoms with E-state index in [1.54, 1.807) is 0 Å². The average molecular weight is 310 g/mol. The van der Waals surface area contributed by atoms with Crippen LogP contribution in [0.2, 0.25) is 0 Å². The molecule has 0 aliphatic heterocycles. The lowest BCUT2D eigenvalue weighted by molar-refractivity contribution is 0.0915. The van der Waals surface area contributed by atoms with Gasteiger partial charge in [-0.1, -0.05) is 0 Å². The fourth-order valence-electron chi connectivity index (χ4n) is 1.81. The molecule has 0 aliphatic rings.